The Balaban J connectivity index is 0.00000169. The van der Waals surface area contributed by atoms with Crippen LogP contribution >= 0.6 is 12.4 Å². The number of hydrogen-bond acceptors (Lipinski definition) is 4. The van der Waals surface area contributed by atoms with Gasteiger partial charge in [-0.05, 0) is 13.0 Å². The minimum Gasteiger partial charge on any atom is -0.495 e. The number of aliphatic hydroxyl groups is 1. The molecule has 0 radical (unpaired) electrons. The van der Waals surface area contributed by atoms with Gasteiger partial charge < -0.3 is 9.84 Å². The number of rotatable bonds is 2. The van der Waals surface area contributed by atoms with Gasteiger partial charge in [-0.15, -0.1) is 12.4 Å². The Morgan fingerprint density at radius 1 is 1.64 bits per heavy atom. The van der Waals surface area contributed by atoms with Crippen LogP contribution in [0.15, 0.2) is 12.3 Å². The molecule has 1 unspecified atom stereocenters. The Bertz CT molecular complexity index is 347. The van der Waals surface area contributed by atoms with Gasteiger partial charge in [-0.2, -0.15) is 5.26 Å². The molecule has 76 valence electrons. The SMILES string of the molecule is COc1ccnc(C(C)O)c1C#N.Cl. The largest absolute Gasteiger partial charge is 0.495 e. The molecule has 0 aliphatic rings. The van der Waals surface area contributed by atoms with E-state index in [1.54, 1.807) is 13.0 Å². The molecule has 1 aromatic rings. The number of aromatic nitrogens is 1. The van der Waals surface area contributed by atoms with Gasteiger partial charge in [-0.1, -0.05) is 0 Å². The molecule has 1 rings (SSSR count). The number of nitrogens with zero attached hydrogens (tertiary/aromatic N) is 2. The van der Waals surface area contributed by atoms with E-state index >= 15 is 0 Å². The fourth-order valence-corrected chi connectivity index (χ4v) is 1.06. The van der Waals surface area contributed by atoms with Gasteiger partial charge in [0.15, 0.2) is 0 Å². The predicted octanol–water partition coefficient (Wildman–Crippen LogP) is 1.44. The summed E-state index contributed by atoms with van der Waals surface area (Å²) in [6.45, 7) is 1.56. The van der Waals surface area contributed by atoms with E-state index in [4.69, 9.17) is 10.00 Å². The molecule has 0 amide bonds. The summed E-state index contributed by atoms with van der Waals surface area (Å²) in [5.41, 5.74) is 0.641. The van der Waals surface area contributed by atoms with Crippen LogP contribution < -0.4 is 4.74 Å². The molecule has 1 N–H and O–H groups in total. The third-order valence-electron chi connectivity index (χ3n) is 1.67. The van der Waals surface area contributed by atoms with Crippen molar-refractivity contribution in [1.82, 2.24) is 4.98 Å². The van der Waals surface area contributed by atoms with Crippen molar-refractivity contribution in [2.24, 2.45) is 0 Å². The van der Waals surface area contributed by atoms with Crippen molar-refractivity contribution in [3.05, 3.63) is 23.5 Å². The molecule has 1 atom stereocenters. The van der Waals surface area contributed by atoms with E-state index in [1.165, 1.54) is 13.3 Å². The lowest BCUT2D eigenvalue weighted by Gasteiger charge is -2.08. The molecule has 0 saturated heterocycles. The smallest absolute Gasteiger partial charge is 0.140 e. The van der Waals surface area contributed by atoms with Crippen LogP contribution in [0, 0.1) is 11.3 Å². The van der Waals surface area contributed by atoms with Crippen LogP contribution in [0.3, 0.4) is 0 Å². The summed E-state index contributed by atoms with van der Waals surface area (Å²) in [6, 6.07) is 3.54. The highest BCUT2D eigenvalue weighted by atomic mass is 35.5. The molecule has 0 aliphatic heterocycles. The number of aliphatic hydroxyl groups excluding tert-OH is 1. The van der Waals surface area contributed by atoms with E-state index in [1.807, 2.05) is 6.07 Å². The Hall–Kier alpha value is -1.31. The standard InChI is InChI=1S/C9H10N2O2.ClH/c1-6(12)9-7(5-10)8(13-2)3-4-11-9;/h3-4,6,12H,1-2H3;1H. The summed E-state index contributed by atoms with van der Waals surface area (Å²) in [5, 5.41) is 18.1. The Kier molecular flexibility index (Phi) is 4.92. The Morgan fingerprint density at radius 2 is 2.29 bits per heavy atom. The summed E-state index contributed by atoms with van der Waals surface area (Å²) < 4.78 is 4.95. The summed E-state index contributed by atoms with van der Waals surface area (Å²) in [7, 11) is 1.47. The molecule has 0 saturated carbocycles. The number of halogens is 1. The first kappa shape index (κ1) is 12.7. The highest BCUT2D eigenvalue weighted by Crippen LogP contribution is 2.23. The zero-order chi connectivity index (χ0) is 9.84. The molecule has 1 heterocycles. The minimum atomic E-state index is -0.759. The van der Waals surface area contributed by atoms with E-state index in [0.717, 1.165) is 0 Å². The van der Waals surface area contributed by atoms with Gasteiger partial charge in [0.05, 0.1) is 18.9 Å². The van der Waals surface area contributed by atoms with Gasteiger partial charge in [0.25, 0.3) is 0 Å². The third kappa shape index (κ3) is 2.34. The van der Waals surface area contributed by atoms with E-state index in [-0.39, 0.29) is 12.4 Å². The second-order valence-electron chi connectivity index (χ2n) is 2.56. The number of ether oxygens (including phenoxy) is 1. The highest BCUT2D eigenvalue weighted by Gasteiger charge is 2.13. The van der Waals surface area contributed by atoms with E-state index in [9.17, 15) is 5.11 Å². The number of hydrogen-bond donors (Lipinski definition) is 1. The van der Waals surface area contributed by atoms with Gasteiger partial charge in [-0.25, -0.2) is 0 Å². The molecule has 0 bridgehead atoms. The quantitative estimate of drug-likeness (QED) is 0.809. The van der Waals surface area contributed by atoms with Crippen molar-refractivity contribution in [2.75, 3.05) is 7.11 Å². The summed E-state index contributed by atoms with van der Waals surface area (Å²) in [6.07, 6.45) is 0.742. The lowest BCUT2D eigenvalue weighted by atomic mass is 10.1. The van der Waals surface area contributed by atoms with Crippen LogP contribution in [0.4, 0.5) is 0 Å². The molecule has 5 heteroatoms. The second-order valence-corrected chi connectivity index (χ2v) is 2.56. The first-order valence-corrected chi connectivity index (χ1v) is 3.81. The average molecular weight is 215 g/mol. The first-order chi connectivity index (χ1) is 6.20. The number of methoxy groups -OCH3 is 1. The fourth-order valence-electron chi connectivity index (χ4n) is 1.06. The van der Waals surface area contributed by atoms with Crippen LogP contribution in [0.2, 0.25) is 0 Å². The van der Waals surface area contributed by atoms with Crippen LogP contribution in [0.25, 0.3) is 0 Å². The van der Waals surface area contributed by atoms with Crippen molar-refractivity contribution >= 4 is 12.4 Å². The Labute approximate surface area is 88.6 Å². The maximum Gasteiger partial charge on any atom is 0.140 e. The summed E-state index contributed by atoms with van der Waals surface area (Å²) >= 11 is 0. The molecular weight excluding hydrogens is 204 g/mol. The summed E-state index contributed by atoms with van der Waals surface area (Å²) in [4.78, 5) is 3.91. The molecule has 0 aliphatic carbocycles. The number of nitriles is 1. The lowest BCUT2D eigenvalue weighted by molar-refractivity contribution is 0.193. The van der Waals surface area contributed by atoms with Gasteiger partial charge >= 0.3 is 0 Å². The minimum absolute atomic E-state index is 0. The zero-order valence-electron chi connectivity index (χ0n) is 7.89. The van der Waals surface area contributed by atoms with Crippen LogP contribution in [-0.4, -0.2) is 17.2 Å². The monoisotopic (exact) mass is 214 g/mol. The van der Waals surface area contributed by atoms with Crippen LogP contribution in [-0.2, 0) is 0 Å². The van der Waals surface area contributed by atoms with E-state index in [2.05, 4.69) is 4.98 Å². The van der Waals surface area contributed by atoms with Crippen LogP contribution in [0.1, 0.15) is 24.3 Å². The van der Waals surface area contributed by atoms with Crippen molar-refractivity contribution < 1.29 is 9.84 Å². The lowest BCUT2D eigenvalue weighted by Crippen LogP contribution is -2.01. The molecule has 14 heavy (non-hydrogen) atoms. The molecular formula is C9H11ClN2O2. The average Bonchev–Trinajstić information content (AvgIpc) is 2.16. The summed E-state index contributed by atoms with van der Waals surface area (Å²) in [5.74, 6) is 0.438. The zero-order valence-corrected chi connectivity index (χ0v) is 8.71. The molecule has 1 aromatic heterocycles. The maximum absolute atomic E-state index is 9.29. The van der Waals surface area contributed by atoms with Gasteiger partial charge in [0, 0.05) is 6.20 Å². The van der Waals surface area contributed by atoms with Crippen LogP contribution in [0.5, 0.6) is 5.75 Å². The van der Waals surface area contributed by atoms with Gasteiger partial charge in [-0.3, -0.25) is 4.98 Å². The van der Waals surface area contributed by atoms with Crippen molar-refractivity contribution in [3.8, 4) is 11.8 Å². The topological polar surface area (TPSA) is 66.1 Å². The second kappa shape index (κ2) is 5.43. The van der Waals surface area contributed by atoms with E-state index < -0.39 is 6.10 Å². The third-order valence-corrected chi connectivity index (χ3v) is 1.67. The molecule has 4 nitrogen and oxygen atoms in total. The van der Waals surface area contributed by atoms with Gasteiger partial charge in [0.1, 0.15) is 17.4 Å². The maximum atomic E-state index is 9.29. The normalized spacial score (nSPS) is 11.0. The number of pyridine rings is 1. The van der Waals surface area contributed by atoms with Crippen molar-refractivity contribution in [2.45, 2.75) is 13.0 Å². The molecule has 0 fully saturated rings. The Morgan fingerprint density at radius 3 is 2.71 bits per heavy atom. The van der Waals surface area contributed by atoms with E-state index in [0.29, 0.717) is 17.0 Å². The molecule has 0 spiro atoms. The van der Waals surface area contributed by atoms with Crippen molar-refractivity contribution in [1.29, 1.82) is 5.26 Å². The first-order valence-electron chi connectivity index (χ1n) is 3.81. The highest BCUT2D eigenvalue weighted by molar-refractivity contribution is 5.85. The molecule has 0 aromatic carbocycles. The van der Waals surface area contributed by atoms with Gasteiger partial charge in [0.2, 0.25) is 0 Å². The fraction of sp³-hybridized carbons (Fsp3) is 0.333. The predicted molar refractivity (Wildman–Crippen MR) is 53.4 cm³/mol. The van der Waals surface area contributed by atoms with Crippen molar-refractivity contribution in [3.63, 3.8) is 0 Å².